The van der Waals surface area contributed by atoms with Gasteiger partial charge in [-0.05, 0) is 6.92 Å². The lowest BCUT2D eigenvalue weighted by atomic mass is 10.3. The quantitative estimate of drug-likeness (QED) is 0.687. The van der Waals surface area contributed by atoms with Gasteiger partial charge in [0.25, 0.3) is 0 Å². The van der Waals surface area contributed by atoms with Crippen molar-refractivity contribution >= 4 is 5.78 Å². The fourth-order valence-corrected chi connectivity index (χ4v) is 1.07. The van der Waals surface area contributed by atoms with Crippen LogP contribution in [0.4, 0.5) is 0 Å². The van der Waals surface area contributed by atoms with E-state index >= 15 is 0 Å². The predicted octanol–water partition coefficient (Wildman–Crippen LogP) is 1.96. The van der Waals surface area contributed by atoms with Crippen LogP contribution in [0.3, 0.4) is 0 Å². The minimum absolute atomic E-state index is 0.238. The molecule has 0 aromatic carbocycles. The van der Waals surface area contributed by atoms with Gasteiger partial charge in [-0.2, -0.15) is 0 Å². The Morgan fingerprint density at radius 2 is 1.57 bits per heavy atom. The molecule has 0 atom stereocenters. The van der Waals surface area contributed by atoms with Gasteiger partial charge in [-0.25, -0.2) is 0 Å². The van der Waals surface area contributed by atoms with Crippen LogP contribution in [-0.4, -0.2) is 43.5 Å². The summed E-state index contributed by atoms with van der Waals surface area (Å²) in [6.45, 7) is 13.6. The van der Waals surface area contributed by atoms with E-state index in [1.165, 1.54) is 0 Å². The lowest BCUT2D eigenvalue weighted by Crippen LogP contribution is -2.38. The average molecular weight is 203 g/mol. The molecule has 3 heteroatoms. The first-order chi connectivity index (χ1) is 6.79. The molecule has 0 amide bonds. The molecular weight excluding hydrogens is 178 g/mol. The zero-order chi connectivity index (χ0) is 11.4. The third-order valence-corrected chi connectivity index (χ3v) is 1.55. The largest absolute Gasteiger partial charge is 0.379 e. The van der Waals surface area contributed by atoms with Gasteiger partial charge >= 0.3 is 0 Å². The number of Topliss-reactive ketones (excluding diaryl/α,β-unsaturated/α-hetero) is 1. The third kappa shape index (κ3) is 9.68. The number of morpholine rings is 1. The molecule has 0 radical (unpaired) electrons. The van der Waals surface area contributed by atoms with Gasteiger partial charge in [0.15, 0.2) is 0 Å². The summed E-state index contributed by atoms with van der Waals surface area (Å²) in [6, 6.07) is 0. The fraction of sp³-hybridized carbons (Fsp3) is 0.909. The summed E-state index contributed by atoms with van der Waals surface area (Å²) in [6.07, 6.45) is 0. The van der Waals surface area contributed by atoms with Gasteiger partial charge in [-0.3, -0.25) is 9.69 Å². The molecule has 1 heterocycles. The maximum Gasteiger partial charge on any atom is 0.143 e. The molecule has 1 rings (SSSR count). The standard InChI is InChI=1S/C7H13NO2.2C2H6/c1-7(9)6-8-2-4-10-5-3-8;2*1-2/h2-6H2,1H3;2*1-2H3. The number of hydrogen-bond acceptors (Lipinski definition) is 3. The monoisotopic (exact) mass is 203 g/mol. The van der Waals surface area contributed by atoms with Gasteiger partial charge in [0.2, 0.25) is 0 Å². The average Bonchev–Trinajstić information content (AvgIpc) is 2.24. The van der Waals surface area contributed by atoms with E-state index < -0.39 is 0 Å². The van der Waals surface area contributed by atoms with Crippen LogP contribution in [0.2, 0.25) is 0 Å². The van der Waals surface area contributed by atoms with Crippen LogP contribution in [0.25, 0.3) is 0 Å². The molecule has 1 fully saturated rings. The summed E-state index contributed by atoms with van der Waals surface area (Å²) in [5, 5.41) is 0. The number of hydrogen-bond donors (Lipinski definition) is 0. The molecule has 0 N–H and O–H groups in total. The Morgan fingerprint density at radius 3 is 1.93 bits per heavy atom. The van der Waals surface area contributed by atoms with Crippen molar-refractivity contribution in [1.29, 1.82) is 0 Å². The molecule has 86 valence electrons. The van der Waals surface area contributed by atoms with Gasteiger partial charge < -0.3 is 4.74 Å². The van der Waals surface area contributed by atoms with Gasteiger partial charge in [0.1, 0.15) is 5.78 Å². The molecule has 0 aromatic heterocycles. The fourth-order valence-electron chi connectivity index (χ4n) is 1.07. The molecule has 0 saturated carbocycles. The summed E-state index contributed by atoms with van der Waals surface area (Å²) in [4.78, 5) is 12.7. The maximum absolute atomic E-state index is 10.6. The van der Waals surface area contributed by atoms with Crippen LogP contribution in [0.5, 0.6) is 0 Å². The van der Waals surface area contributed by atoms with Crippen LogP contribution < -0.4 is 0 Å². The smallest absolute Gasteiger partial charge is 0.143 e. The highest BCUT2D eigenvalue weighted by Crippen LogP contribution is 1.95. The van der Waals surface area contributed by atoms with E-state index in [0.29, 0.717) is 6.54 Å². The highest BCUT2D eigenvalue weighted by molar-refractivity contribution is 5.77. The number of nitrogens with zero attached hydrogens (tertiary/aromatic N) is 1. The summed E-state index contributed by atoms with van der Waals surface area (Å²) < 4.78 is 5.13. The van der Waals surface area contributed by atoms with Crippen molar-refractivity contribution in [3.63, 3.8) is 0 Å². The van der Waals surface area contributed by atoms with Gasteiger partial charge in [-0.15, -0.1) is 0 Å². The van der Waals surface area contributed by atoms with Crippen LogP contribution in [0, 0.1) is 0 Å². The molecule has 0 bridgehead atoms. The number of carbonyl (C=O) groups excluding carboxylic acids is 1. The minimum atomic E-state index is 0.238. The maximum atomic E-state index is 10.6. The zero-order valence-corrected chi connectivity index (χ0v) is 10.3. The molecule has 1 aliphatic heterocycles. The number of rotatable bonds is 2. The van der Waals surface area contributed by atoms with E-state index in [4.69, 9.17) is 4.74 Å². The van der Waals surface area contributed by atoms with Crippen LogP contribution in [0.15, 0.2) is 0 Å². The summed E-state index contributed by atoms with van der Waals surface area (Å²) in [5.74, 6) is 0.238. The minimum Gasteiger partial charge on any atom is -0.379 e. The van der Waals surface area contributed by atoms with E-state index in [1.807, 2.05) is 27.7 Å². The van der Waals surface area contributed by atoms with Gasteiger partial charge in [0, 0.05) is 13.1 Å². The molecule has 1 saturated heterocycles. The normalized spacial score (nSPS) is 15.8. The second kappa shape index (κ2) is 12.6. The van der Waals surface area contributed by atoms with E-state index in [9.17, 15) is 4.79 Å². The lowest BCUT2D eigenvalue weighted by Gasteiger charge is -2.25. The summed E-state index contributed by atoms with van der Waals surface area (Å²) in [5.41, 5.74) is 0. The second-order valence-electron chi connectivity index (χ2n) is 2.59. The molecule has 14 heavy (non-hydrogen) atoms. The molecule has 0 unspecified atom stereocenters. The Kier molecular flexibility index (Phi) is 14.4. The summed E-state index contributed by atoms with van der Waals surface area (Å²) >= 11 is 0. The van der Waals surface area contributed by atoms with Crippen molar-refractivity contribution in [3.05, 3.63) is 0 Å². The zero-order valence-electron chi connectivity index (χ0n) is 10.3. The predicted molar refractivity (Wildman–Crippen MR) is 60.6 cm³/mol. The van der Waals surface area contributed by atoms with E-state index in [0.717, 1.165) is 26.3 Å². The first-order valence-corrected chi connectivity index (χ1v) is 5.58. The van der Waals surface area contributed by atoms with Gasteiger partial charge in [0.05, 0.1) is 19.8 Å². The van der Waals surface area contributed by atoms with E-state index in [1.54, 1.807) is 6.92 Å². The topological polar surface area (TPSA) is 29.5 Å². The van der Waals surface area contributed by atoms with Gasteiger partial charge in [-0.1, -0.05) is 27.7 Å². The summed E-state index contributed by atoms with van der Waals surface area (Å²) in [7, 11) is 0. The Morgan fingerprint density at radius 1 is 1.14 bits per heavy atom. The molecule has 0 aromatic rings. The Balaban J connectivity index is 0. The third-order valence-electron chi connectivity index (χ3n) is 1.55. The van der Waals surface area contributed by atoms with E-state index in [-0.39, 0.29) is 5.78 Å². The number of ketones is 1. The first-order valence-electron chi connectivity index (χ1n) is 5.58. The van der Waals surface area contributed by atoms with Crippen molar-refractivity contribution in [2.24, 2.45) is 0 Å². The first kappa shape index (κ1) is 16.0. The SMILES string of the molecule is CC.CC.CC(=O)CN1CCOCC1. The van der Waals surface area contributed by atoms with Crippen molar-refractivity contribution in [3.8, 4) is 0 Å². The van der Waals surface area contributed by atoms with Crippen molar-refractivity contribution in [2.45, 2.75) is 34.6 Å². The van der Waals surface area contributed by atoms with Crippen LogP contribution in [0.1, 0.15) is 34.6 Å². The highest BCUT2D eigenvalue weighted by Gasteiger charge is 2.10. The molecule has 0 spiro atoms. The molecular formula is C11H25NO2. The van der Waals surface area contributed by atoms with Crippen LogP contribution >= 0.6 is 0 Å². The Bertz CT molecular complexity index is 120. The molecule has 1 aliphatic rings. The second-order valence-corrected chi connectivity index (χ2v) is 2.59. The lowest BCUT2D eigenvalue weighted by molar-refractivity contribution is -0.119. The molecule has 3 nitrogen and oxygen atoms in total. The molecule has 0 aliphatic carbocycles. The van der Waals surface area contributed by atoms with E-state index in [2.05, 4.69) is 4.90 Å². The van der Waals surface area contributed by atoms with Crippen LogP contribution in [-0.2, 0) is 9.53 Å². The number of ether oxygens (including phenoxy) is 1. The van der Waals surface area contributed by atoms with Crippen molar-refractivity contribution in [1.82, 2.24) is 4.90 Å². The number of carbonyl (C=O) groups is 1. The van der Waals surface area contributed by atoms with Crippen molar-refractivity contribution < 1.29 is 9.53 Å². The Labute approximate surface area is 88.4 Å². The Hall–Kier alpha value is -0.410. The highest BCUT2D eigenvalue weighted by atomic mass is 16.5. The van der Waals surface area contributed by atoms with Crippen molar-refractivity contribution in [2.75, 3.05) is 32.8 Å².